The second-order valence-corrected chi connectivity index (χ2v) is 8.61. The zero-order valence-corrected chi connectivity index (χ0v) is 17.9. The molecule has 0 bridgehead atoms. The van der Waals surface area contributed by atoms with Crippen molar-refractivity contribution >= 4 is 43.4 Å². The lowest BCUT2D eigenvalue weighted by atomic mass is 10.2. The summed E-state index contributed by atoms with van der Waals surface area (Å²) in [6, 6.07) is 7.38. The number of benzene rings is 1. The highest BCUT2D eigenvalue weighted by atomic mass is 35.5. The molecule has 0 unspecified atom stereocenters. The third-order valence-corrected chi connectivity index (χ3v) is 6.54. The van der Waals surface area contributed by atoms with E-state index in [2.05, 4.69) is 25.2 Å². The third kappa shape index (κ3) is 3.58. The van der Waals surface area contributed by atoms with Crippen molar-refractivity contribution in [2.75, 3.05) is 32.8 Å². The SMILES string of the molecule is Cc1nc(-c2ccc(Cl)cc2)nc2sc3c(=O)n(CCN4CCOCC4)nnc3c12. The summed E-state index contributed by atoms with van der Waals surface area (Å²) in [5.41, 5.74) is 2.08. The van der Waals surface area contributed by atoms with E-state index in [-0.39, 0.29) is 5.56 Å². The minimum atomic E-state index is -0.135. The first kappa shape index (κ1) is 19.5. The van der Waals surface area contributed by atoms with E-state index in [1.807, 2.05) is 31.2 Å². The van der Waals surface area contributed by atoms with Gasteiger partial charge in [-0.05, 0) is 31.2 Å². The van der Waals surface area contributed by atoms with Crippen molar-refractivity contribution in [3.05, 3.63) is 45.3 Å². The molecule has 10 heteroatoms. The lowest BCUT2D eigenvalue weighted by molar-refractivity contribution is 0.0357. The van der Waals surface area contributed by atoms with Crippen LogP contribution in [0.5, 0.6) is 0 Å². The molecule has 1 aliphatic rings. The lowest BCUT2D eigenvalue weighted by Gasteiger charge is -2.26. The van der Waals surface area contributed by atoms with Gasteiger partial charge in [0.15, 0.2) is 5.82 Å². The summed E-state index contributed by atoms with van der Waals surface area (Å²) in [6.07, 6.45) is 0. The third-order valence-electron chi connectivity index (χ3n) is 5.22. The van der Waals surface area contributed by atoms with E-state index in [1.165, 1.54) is 16.0 Å². The molecule has 4 heterocycles. The molecule has 0 atom stereocenters. The lowest BCUT2D eigenvalue weighted by Crippen LogP contribution is -2.39. The Kier molecular flexibility index (Phi) is 5.20. The number of nitrogens with zero attached hydrogens (tertiary/aromatic N) is 6. The number of aromatic nitrogens is 5. The summed E-state index contributed by atoms with van der Waals surface area (Å²) in [5, 5.41) is 9.98. The van der Waals surface area contributed by atoms with Crippen LogP contribution < -0.4 is 5.56 Å². The van der Waals surface area contributed by atoms with E-state index in [0.29, 0.717) is 27.6 Å². The van der Waals surface area contributed by atoms with Gasteiger partial charge in [-0.3, -0.25) is 9.69 Å². The number of morpholine rings is 1. The zero-order valence-electron chi connectivity index (χ0n) is 16.3. The second-order valence-electron chi connectivity index (χ2n) is 7.17. The van der Waals surface area contributed by atoms with Crippen LogP contribution in [0.15, 0.2) is 29.1 Å². The van der Waals surface area contributed by atoms with Crippen molar-refractivity contribution in [3.63, 3.8) is 0 Å². The molecule has 30 heavy (non-hydrogen) atoms. The molecule has 1 aliphatic heterocycles. The van der Waals surface area contributed by atoms with Crippen LogP contribution in [0.4, 0.5) is 0 Å². The van der Waals surface area contributed by atoms with Gasteiger partial charge in [0.1, 0.15) is 15.0 Å². The molecular weight excluding hydrogens is 424 g/mol. The molecule has 4 aromatic rings. The maximum atomic E-state index is 13.0. The maximum absolute atomic E-state index is 13.0. The van der Waals surface area contributed by atoms with Crippen molar-refractivity contribution in [1.82, 2.24) is 29.9 Å². The summed E-state index contributed by atoms with van der Waals surface area (Å²) < 4.78 is 7.37. The van der Waals surface area contributed by atoms with Gasteiger partial charge in [-0.25, -0.2) is 14.6 Å². The average Bonchev–Trinajstić information content (AvgIpc) is 3.14. The van der Waals surface area contributed by atoms with Crippen LogP contribution >= 0.6 is 22.9 Å². The van der Waals surface area contributed by atoms with Gasteiger partial charge in [-0.15, -0.1) is 16.4 Å². The monoisotopic (exact) mass is 442 g/mol. The number of ether oxygens (including phenoxy) is 1. The fourth-order valence-electron chi connectivity index (χ4n) is 3.58. The van der Waals surface area contributed by atoms with Crippen molar-refractivity contribution < 1.29 is 4.74 Å². The number of hydrogen-bond acceptors (Lipinski definition) is 8. The number of rotatable bonds is 4. The molecule has 0 amide bonds. The van der Waals surface area contributed by atoms with Gasteiger partial charge in [0, 0.05) is 30.2 Å². The van der Waals surface area contributed by atoms with Crippen molar-refractivity contribution in [3.8, 4) is 11.4 Å². The first-order valence-corrected chi connectivity index (χ1v) is 10.9. The van der Waals surface area contributed by atoms with Gasteiger partial charge in [0.05, 0.1) is 30.8 Å². The molecule has 0 radical (unpaired) electrons. The van der Waals surface area contributed by atoms with Gasteiger partial charge in [0.25, 0.3) is 5.56 Å². The minimum absolute atomic E-state index is 0.135. The summed E-state index contributed by atoms with van der Waals surface area (Å²) in [4.78, 5) is 25.4. The Hall–Kier alpha value is -2.46. The Labute approximate surface area is 181 Å². The summed E-state index contributed by atoms with van der Waals surface area (Å²) in [5.74, 6) is 0.601. The molecule has 154 valence electrons. The molecular formula is C20H19ClN6O2S. The van der Waals surface area contributed by atoms with E-state index >= 15 is 0 Å². The average molecular weight is 443 g/mol. The molecule has 0 aliphatic carbocycles. The Bertz CT molecular complexity index is 1280. The molecule has 0 spiro atoms. The van der Waals surface area contributed by atoms with E-state index in [9.17, 15) is 4.79 Å². The molecule has 1 saturated heterocycles. The molecule has 3 aromatic heterocycles. The molecule has 5 rings (SSSR count). The van der Waals surface area contributed by atoms with Crippen molar-refractivity contribution in [2.24, 2.45) is 0 Å². The van der Waals surface area contributed by atoms with Crippen LogP contribution in [-0.4, -0.2) is 62.7 Å². The van der Waals surface area contributed by atoms with E-state index in [0.717, 1.165) is 54.3 Å². The van der Waals surface area contributed by atoms with E-state index < -0.39 is 0 Å². The second kappa shape index (κ2) is 7.99. The van der Waals surface area contributed by atoms with Crippen LogP contribution in [0.2, 0.25) is 5.02 Å². The number of fused-ring (bicyclic) bond motifs is 3. The Morgan fingerprint density at radius 2 is 1.90 bits per heavy atom. The molecule has 0 saturated carbocycles. The number of aryl methyl sites for hydroxylation is 1. The van der Waals surface area contributed by atoms with Gasteiger partial charge in [0.2, 0.25) is 0 Å². The summed E-state index contributed by atoms with van der Waals surface area (Å²) in [6.45, 7) is 6.34. The quantitative estimate of drug-likeness (QED) is 0.480. The van der Waals surface area contributed by atoms with Crippen LogP contribution in [0, 0.1) is 6.92 Å². The van der Waals surface area contributed by atoms with Gasteiger partial charge < -0.3 is 4.74 Å². The highest BCUT2D eigenvalue weighted by molar-refractivity contribution is 7.25. The van der Waals surface area contributed by atoms with Crippen molar-refractivity contribution in [1.29, 1.82) is 0 Å². The van der Waals surface area contributed by atoms with Crippen LogP contribution in [0.3, 0.4) is 0 Å². The largest absolute Gasteiger partial charge is 0.379 e. The molecule has 8 nitrogen and oxygen atoms in total. The maximum Gasteiger partial charge on any atom is 0.287 e. The molecule has 1 fully saturated rings. The smallest absolute Gasteiger partial charge is 0.287 e. The van der Waals surface area contributed by atoms with Crippen molar-refractivity contribution in [2.45, 2.75) is 13.5 Å². The van der Waals surface area contributed by atoms with Crippen LogP contribution in [0.25, 0.3) is 31.8 Å². The van der Waals surface area contributed by atoms with Crippen LogP contribution in [0.1, 0.15) is 5.69 Å². The summed E-state index contributed by atoms with van der Waals surface area (Å²) in [7, 11) is 0. The first-order chi connectivity index (χ1) is 14.6. The summed E-state index contributed by atoms with van der Waals surface area (Å²) >= 11 is 7.33. The molecule has 0 N–H and O–H groups in total. The van der Waals surface area contributed by atoms with Gasteiger partial charge in [-0.1, -0.05) is 16.8 Å². The minimum Gasteiger partial charge on any atom is -0.379 e. The Morgan fingerprint density at radius 3 is 2.67 bits per heavy atom. The fourth-order valence-corrected chi connectivity index (χ4v) is 4.81. The highest BCUT2D eigenvalue weighted by Gasteiger charge is 2.18. The number of hydrogen-bond donors (Lipinski definition) is 0. The standard InChI is InChI=1S/C20H19ClN6O2S/c1-12-15-16-17(20(28)27(25-24-16)7-6-26-8-10-29-11-9-26)30-19(15)23-18(22-12)13-2-4-14(21)5-3-13/h2-5H,6-11H2,1H3. The predicted octanol–water partition coefficient (Wildman–Crippen LogP) is 2.76. The zero-order chi connectivity index (χ0) is 20.7. The normalized spacial score (nSPS) is 15.3. The predicted molar refractivity (Wildman–Crippen MR) is 117 cm³/mol. The fraction of sp³-hybridized carbons (Fsp3) is 0.350. The Balaban J connectivity index is 1.53. The first-order valence-electron chi connectivity index (χ1n) is 9.71. The van der Waals surface area contributed by atoms with E-state index in [1.54, 1.807) is 0 Å². The number of halogens is 1. The van der Waals surface area contributed by atoms with Gasteiger partial charge in [-0.2, -0.15) is 0 Å². The highest BCUT2D eigenvalue weighted by Crippen LogP contribution is 2.32. The Morgan fingerprint density at radius 1 is 1.13 bits per heavy atom. The van der Waals surface area contributed by atoms with Crippen LogP contribution in [-0.2, 0) is 11.3 Å². The number of thiophene rings is 1. The van der Waals surface area contributed by atoms with Gasteiger partial charge >= 0.3 is 0 Å². The molecule has 1 aromatic carbocycles. The topological polar surface area (TPSA) is 86.0 Å². The van der Waals surface area contributed by atoms with E-state index in [4.69, 9.17) is 16.3 Å².